The fourth-order valence-electron chi connectivity index (χ4n) is 1.95. The molecule has 96 valence electrons. The number of hydrogen-bond donors (Lipinski definition) is 1. The zero-order valence-electron chi connectivity index (χ0n) is 9.51. The van der Waals surface area contributed by atoms with Crippen molar-refractivity contribution in [3.8, 4) is 0 Å². The number of hydrogen-bond acceptors (Lipinski definition) is 3. The summed E-state index contributed by atoms with van der Waals surface area (Å²) in [6, 6.07) is 3.14. The molecule has 1 aromatic heterocycles. The van der Waals surface area contributed by atoms with E-state index in [2.05, 4.69) is 15.9 Å². The van der Waals surface area contributed by atoms with Gasteiger partial charge < -0.3 is 10.0 Å². The second-order valence-corrected chi connectivity index (χ2v) is 6.50. The largest absolute Gasteiger partial charge is 0.480 e. The van der Waals surface area contributed by atoms with Gasteiger partial charge in [0.2, 0.25) is 5.91 Å². The minimum atomic E-state index is -0.923. The molecule has 1 aliphatic rings. The normalized spacial score (nSPS) is 19.6. The molecule has 0 saturated carbocycles. The van der Waals surface area contributed by atoms with Crippen molar-refractivity contribution in [2.75, 3.05) is 6.54 Å². The molecule has 0 spiro atoms. The van der Waals surface area contributed by atoms with Gasteiger partial charge >= 0.3 is 5.97 Å². The Kier molecular flexibility index (Phi) is 4.19. The highest BCUT2D eigenvalue weighted by molar-refractivity contribution is 9.11. The van der Waals surface area contributed by atoms with Gasteiger partial charge in [-0.15, -0.1) is 11.3 Å². The number of carboxylic acid groups (broad SMARTS) is 1. The average Bonchev–Trinajstić information content (AvgIpc) is 2.94. The molecule has 4 nitrogen and oxygen atoms in total. The fraction of sp³-hybridized carbons (Fsp3) is 0.333. The Morgan fingerprint density at radius 2 is 2.28 bits per heavy atom. The summed E-state index contributed by atoms with van der Waals surface area (Å²) >= 11 is 4.87. The predicted molar refractivity (Wildman–Crippen MR) is 73.4 cm³/mol. The van der Waals surface area contributed by atoms with Gasteiger partial charge in [0.25, 0.3) is 0 Å². The summed E-state index contributed by atoms with van der Waals surface area (Å²) in [5.41, 5.74) is 0. The summed E-state index contributed by atoms with van der Waals surface area (Å²) in [6.45, 7) is 0.522. The monoisotopic (exact) mass is 329 g/mol. The first-order valence-corrected chi connectivity index (χ1v) is 7.15. The number of nitrogens with zero attached hydrogens (tertiary/aromatic N) is 1. The molecule has 1 fully saturated rings. The highest BCUT2D eigenvalue weighted by Crippen LogP contribution is 2.23. The van der Waals surface area contributed by atoms with Crippen molar-refractivity contribution in [1.29, 1.82) is 0 Å². The van der Waals surface area contributed by atoms with Crippen LogP contribution >= 0.6 is 27.3 Å². The van der Waals surface area contributed by atoms with Crippen molar-refractivity contribution in [2.45, 2.75) is 18.9 Å². The van der Waals surface area contributed by atoms with E-state index < -0.39 is 12.0 Å². The number of amides is 1. The van der Waals surface area contributed by atoms with Crippen LogP contribution < -0.4 is 0 Å². The van der Waals surface area contributed by atoms with Crippen LogP contribution in [0.1, 0.15) is 17.7 Å². The standard InChI is InChI=1S/C12H12BrNO3S/c13-10-5-3-8(18-10)4-6-11(15)14-7-1-2-9(14)12(16)17/h3-6,9H,1-2,7H2,(H,16,17)/t9-/m1/s1. The van der Waals surface area contributed by atoms with Crippen molar-refractivity contribution in [1.82, 2.24) is 4.90 Å². The second-order valence-electron chi connectivity index (χ2n) is 4.00. The fourth-order valence-corrected chi connectivity index (χ4v) is 3.28. The second kappa shape index (κ2) is 5.67. The Labute approximate surface area is 117 Å². The summed E-state index contributed by atoms with van der Waals surface area (Å²) in [4.78, 5) is 25.3. The first kappa shape index (κ1) is 13.3. The number of likely N-dealkylation sites (tertiary alicyclic amines) is 1. The lowest BCUT2D eigenvalue weighted by Gasteiger charge is -2.19. The smallest absolute Gasteiger partial charge is 0.326 e. The van der Waals surface area contributed by atoms with Crippen LogP contribution in [0.2, 0.25) is 0 Å². The summed E-state index contributed by atoms with van der Waals surface area (Å²) in [6.07, 6.45) is 4.45. The van der Waals surface area contributed by atoms with Crippen LogP contribution in [-0.4, -0.2) is 34.5 Å². The van der Waals surface area contributed by atoms with Gasteiger partial charge in [-0.2, -0.15) is 0 Å². The molecule has 1 saturated heterocycles. The zero-order chi connectivity index (χ0) is 13.1. The van der Waals surface area contributed by atoms with E-state index in [4.69, 9.17) is 5.11 Å². The number of rotatable bonds is 3. The van der Waals surface area contributed by atoms with Crippen LogP contribution in [0, 0.1) is 0 Å². The van der Waals surface area contributed by atoms with E-state index in [1.165, 1.54) is 22.3 Å². The lowest BCUT2D eigenvalue weighted by molar-refractivity contribution is -0.146. The van der Waals surface area contributed by atoms with Crippen molar-refractivity contribution in [2.24, 2.45) is 0 Å². The molecule has 1 N–H and O–H groups in total. The molecule has 0 aromatic carbocycles. The van der Waals surface area contributed by atoms with Crippen LogP contribution in [-0.2, 0) is 9.59 Å². The van der Waals surface area contributed by atoms with Gasteiger partial charge in [-0.05, 0) is 47.0 Å². The first-order chi connectivity index (χ1) is 8.58. The van der Waals surface area contributed by atoms with Gasteiger partial charge in [-0.3, -0.25) is 4.79 Å². The number of carbonyl (C=O) groups excluding carboxylic acids is 1. The van der Waals surface area contributed by atoms with Crippen LogP contribution in [0.3, 0.4) is 0 Å². The summed E-state index contributed by atoms with van der Waals surface area (Å²) in [5, 5.41) is 9.00. The Balaban J connectivity index is 2.03. The van der Waals surface area contributed by atoms with Crippen LogP contribution in [0.15, 0.2) is 22.0 Å². The van der Waals surface area contributed by atoms with Gasteiger partial charge in [0.15, 0.2) is 0 Å². The third-order valence-corrected chi connectivity index (χ3v) is 4.39. The molecule has 18 heavy (non-hydrogen) atoms. The van der Waals surface area contributed by atoms with Crippen LogP contribution in [0.4, 0.5) is 0 Å². The third kappa shape index (κ3) is 3.00. The van der Waals surface area contributed by atoms with E-state index in [-0.39, 0.29) is 5.91 Å². The minimum absolute atomic E-state index is 0.232. The third-order valence-electron chi connectivity index (χ3n) is 2.81. The molecule has 0 radical (unpaired) electrons. The van der Waals surface area contributed by atoms with E-state index in [0.717, 1.165) is 15.1 Å². The molecule has 2 rings (SSSR count). The molecule has 1 atom stereocenters. The molecule has 0 aliphatic carbocycles. The van der Waals surface area contributed by atoms with Crippen molar-refractivity contribution >= 4 is 45.2 Å². The number of carboxylic acids is 1. The molecular weight excluding hydrogens is 318 g/mol. The summed E-state index contributed by atoms with van der Waals surface area (Å²) in [5.74, 6) is -1.16. The molecule has 1 aliphatic heterocycles. The average molecular weight is 330 g/mol. The number of thiophene rings is 1. The van der Waals surface area contributed by atoms with Gasteiger partial charge in [-0.1, -0.05) is 0 Å². The van der Waals surface area contributed by atoms with E-state index in [0.29, 0.717) is 13.0 Å². The molecule has 1 amide bonds. The lowest BCUT2D eigenvalue weighted by Crippen LogP contribution is -2.39. The lowest BCUT2D eigenvalue weighted by atomic mass is 10.2. The maximum absolute atomic E-state index is 11.9. The number of carbonyl (C=O) groups is 2. The van der Waals surface area contributed by atoms with Crippen molar-refractivity contribution < 1.29 is 14.7 Å². The van der Waals surface area contributed by atoms with E-state index in [1.54, 1.807) is 6.08 Å². The maximum Gasteiger partial charge on any atom is 0.326 e. The Morgan fingerprint density at radius 1 is 1.50 bits per heavy atom. The molecule has 6 heteroatoms. The van der Waals surface area contributed by atoms with E-state index >= 15 is 0 Å². The number of aliphatic carboxylic acids is 1. The van der Waals surface area contributed by atoms with Gasteiger partial charge in [-0.25, -0.2) is 4.79 Å². The minimum Gasteiger partial charge on any atom is -0.480 e. The Morgan fingerprint density at radius 3 is 2.89 bits per heavy atom. The first-order valence-electron chi connectivity index (χ1n) is 5.55. The van der Waals surface area contributed by atoms with Crippen LogP contribution in [0.5, 0.6) is 0 Å². The van der Waals surface area contributed by atoms with Crippen molar-refractivity contribution in [3.63, 3.8) is 0 Å². The van der Waals surface area contributed by atoms with Gasteiger partial charge in [0, 0.05) is 17.5 Å². The molecule has 1 aromatic rings. The highest BCUT2D eigenvalue weighted by Gasteiger charge is 2.32. The van der Waals surface area contributed by atoms with Crippen LogP contribution in [0.25, 0.3) is 6.08 Å². The predicted octanol–water partition coefficient (Wildman–Crippen LogP) is 2.60. The van der Waals surface area contributed by atoms with Gasteiger partial charge in [0.1, 0.15) is 6.04 Å². The summed E-state index contributed by atoms with van der Waals surface area (Å²) in [7, 11) is 0. The Hall–Kier alpha value is -1.14. The summed E-state index contributed by atoms with van der Waals surface area (Å²) < 4.78 is 0.999. The quantitative estimate of drug-likeness (QED) is 0.867. The molecular formula is C12H12BrNO3S. The van der Waals surface area contributed by atoms with E-state index in [1.807, 2.05) is 12.1 Å². The van der Waals surface area contributed by atoms with E-state index in [9.17, 15) is 9.59 Å². The molecule has 0 bridgehead atoms. The van der Waals surface area contributed by atoms with Gasteiger partial charge in [0.05, 0.1) is 3.79 Å². The number of halogens is 1. The maximum atomic E-state index is 11.9. The molecule has 0 unspecified atom stereocenters. The topological polar surface area (TPSA) is 57.6 Å². The zero-order valence-corrected chi connectivity index (χ0v) is 11.9. The highest BCUT2D eigenvalue weighted by atomic mass is 79.9. The molecule has 2 heterocycles. The SMILES string of the molecule is O=C(O)[C@H]1CCCN1C(=O)C=Cc1ccc(Br)s1. The Bertz CT molecular complexity index is 497. The van der Waals surface area contributed by atoms with Crippen molar-refractivity contribution in [3.05, 3.63) is 26.9 Å².